The first-order valence-electron chi connectivity index (χ1n) is 5.05. The Balaban J connectivity index is 0.00000112. The lowest BCUT2D eigenvalue weighted by molar-refractivity contribution is 0.413. The van der Waals surface area contributed by atoms with E-state index < -0.39 is 0 Å². The summed E-state index contributed by atoms with van der Waals surface area (Å²) in [6, 6.07) is 6.08. The molecule has 0 saturated carbocycles. The summed E-state index contributed by atoms with van der Waals surface area (Å²) < 4.78 is 0. The van der Waals surface area contributed by atoms with Crippen LogP contribution in [0.25, 0.3) is 0 Å². The Morgan fingerprint density at radius 1 is 1.33 bits per heavy atom. The van der Waals surface area contributed by atoms with Crippen LogP contribution in [-0.2, 0) is 0 Å². The van der Waals surface area contributed by atoms with E-state index in [0.29, 0.717) is 6.04 Å². The summed E-state index contributed by atoms with van der Waals surface area (Å²) >= 11 is 5.95. The zero-order valence-corrected chi connectivity index (χ0v) is 10.1. The van der Waals surface area contributed by atoms with Gasteiger partial charge in [-0.3, -0.25) is 0 Å². The molecule has 15 heavy (non-hydrogen) atoms. The summed E-state index contributed by atoms with van der Waals surface area (Å²) in [6.07, 6.45) is 3.69. The third-order valence-electron chi connectivity index (χ3n) is 2.73. The first-order valence-corrected chi connectivity index (χ1v) is 5.43. The number of nitrogen functional groups attached to an aromatic ring is 1. The van der Waals surface area contributed by atoms with Gasteiger partial charge in [0.05, 0.1) is 0 Å². The molecule has 0 bridgehead atoms. The van der Waals surface area contributed by atoms with Crippen molar-refractivity contribution in [3.63, 3.8) is 0 Å². The van der Waals surface area contributed by atoms with Gasteiger partial charge in [0.25, 0.3) is 0 Å². The summed E-state index contributed by atoms with van der Waals surface area (Å²) in [5.74, 6) is 0. The van der Waals surface area contributed by atoms with Crippen LogP contribution in [0, 0.1) is 0 Å². The number of hydrogen-bond donors (Lipinski definition) is 2. The van der Waals surface area contributed by atoms with Crippen molar-refractivity contribution in [2.24, 2.45) is 0 Å². The molecule has 0 amide bonds. The molecule has 1 aliphatic rings. The van der Waals surface area contributed by atoms with E-state index in [0.717, 1.165) is 29.2 Å². The molecule has 0 radical (unpaired) electrons. The Morgan fingerprint density at radius 3 is 2.80 bits per heavy atom. The average molecular weight is 247 g/mol. The highest BCUT2D eigenvalue weighted by Gasteiger charge is 2.16. The van der Waals surface area contributed by atoms with Gasteiger partial charge in [-0.25, -0.2) is 0 Å². The van der Waals surface area contributed by atoms with Crippen LogP contribution in [0.5, 0.6) is 0 Å². The van der Waals surface area contributed by atoms with E-state index in [-0.39, 0.29) is 12.4 Å². The second kappa shape index (κ2) is 5.59. The zero-order chi connectivity index (χ0) is 9.97. The highest BCUT2D eigenvalue weighted by Crippen LogP contribution is 2.29. The lowest BCUT2D eigenvalue weighted by atomic mass is 9.96. The maximum absolute atomic E-state index is 5.95. The van der Waals surface area contributed by atoms with Gasteiger partial charge in [0.2, 0.25) is 0 Å². The average Bonchev–Trinajstić information content (AvgIpc) is 2.23. The first-order chi connectivity index (χ1) is 6.77. The molecule has 2 nitrogen and oxygen atoms in total. The van der Waals surface area contributed by atoms with Gasteiger partial charge >= 0.3 is 0 Å². The molecule has 1 atom stereocenters. The number of nitrogens with one attached hydrogen (secondary N) is 1. The molecule has 0 spiro atoms. The van der Waals surface area contributed by atoms with Crippen LogP contribution in [0.1, 0.15) is 30.9 Å². The van der Waals surface area contributed by atoms with Crippen LogP contribution < -0.4 is 11.1 Å². The van der Waals surface area contributed by atoms with E-state index in [4.69, 9.17) is 17.3 Å². The quantitative estimate of drug-likeness (QED) is 0.748. The normalized spacial score (nSPS) is 20.7. The fraction of sp³-hybridized carbons (Fsp3) is 0.455. The van der Waals surface area contributed by atoms with E-state index in [2.05, 4.69) is 5.32 Å². The minimum absolute atomic E-state index is 0. The van der Waals surface area contributed by atoms with Gasteiger partial charge in [-0.05, 0) is 43.1 Å². The van der Waals surface area contributed by atoms with Crippen molar-refractivity contribution in [2.45, 2.75) is 25.3 Å². The summed E-state index contributed by atoms with van der Waals surface area (Å²) in [5, 5.41) is 4.23. The second-order valence-corrected chi connectivity index (χ2v) is 4.21. The summed E-state index contributed by atoms with van der Waals surface area (Å²) in [6.45, 7) is 1.08. The number of piperidine rings is 1. The number of halogens is 2. The van der Waals surface area contributed by atoms with Gasteiger partial charge < -0.3 is 11.1 Å². The molecular formula is C11H16Cl2N2. The zero-order valence-electron chi connectivity index (χ0n) is 8.50. The van der Waals surface area contributed by atoms with Crippen molar-refractivity contribution in [2.75, 3.05) is 12.3 Å². The van der Waals surface area contributed by atoms with Crippen molar-refractivity contribution in [3.8, 4) is 0 Å². The van der Waals surface area contributed by atoms with Crippen LogP contribution in [0.3, 0.4) is 0 Å². The number of anilines is 1. The summed E-state index contributed by atoms with van der Waals surface area (Å²) in [5.41, 5.74) is 7.91. The van der Waals surface area contributed by atoms with Crippen molar-refractivity contribution in [3.05, 3.63) is 28.8 Å². The molecule has 3 N–H and O–H groups in total. The van der Waals surface area contributed by atoms with Gasteiger partial charge in [-0.1, -0.05) is 18.0 Å². The number of rotatable bonds is 1. The minimum Gasteiger partial charge on any atom is -0.398 e. The van der Waals surface area contributed by atoms with Gasteiger partial charge in [0, 0.05) is 16.8 Å². The monoisotopic (exact) mass is 246 g/mol. The van der Waals surface area contributed by atoms with Crippen LogP contribution >= 0.6 is 24.0 Å². The van der Waals surface area contributed by atoms with Crippen molar-refractivity contribution >= 4 is 29.7 Å². The van der Waals surface area contributed by atoms with Crippen LogP contribution in [0.4, 0.5) is 5.69 Å². The van der Waals surface area contributed by atoms with Gasteiger partial charge in [0.15, 0.2) is 0 Å². The van der Waals surface area contributed by atoms with Crippen molar-refractivity contribution < 1.29 is 0 Å². The molecule has 4 heteroatoms. The fourth-order valence-electron chi connectivity index (χ4n) is 1.96. The Morgan fingerprint density at radius 2 is 2.13 bits per heavy atom. The second-order valence-electron chi connectivity index (χ2n) is 3.78. The Labute approximate surface area is 102 Å². The molecule has 0 aromatic heterocycles. The predicted molar refractivity (Wildman–Crippen MR) is 67.7 cm³/mol. The highest BCUT2D eigenvalue weighted by atomic mass is 35.5. The molecular weight excluding hydrogens is 231 g/mol. The number of nitrogens with two attached hydrogens (primary N) is 1. The number of benzene rings is 1. The molecule has 84 valence electrons. The van der Waals surface area contributed by atoms with Gasteiger partial charge in [-0.2, -0.15) is 0 Å². The van der Waals surface area contributed by atoms with Gasteiger partial charge in [-0.15, -0.1) is 12.4 Å². The molecule has 1 fully saturated rings. The maximum Gasteiger partial charge on any atom is 0.0410 e. The van der Waals surface area contributed by atoms with Crippen LogP contribution in [-0.4, -0.2) is 6.54 Å². The topological polar surface area (TPSA) is 38.0 Å². The minimum atomic E-state index is 0. The largest absolute Gasteiger partial charge is 0.398 e. The van der Waals surface area contributed by atoms with E-state index in [1.165, 1.54) is 12.8 Å². The van der Waals surface area contributed by atoms with Crippen LogP contribution in [0.2, 0.25) is 5.02 Å². The third-order valence-corrected chi connectivity index (χ3v) is 2.97. The lowest BCUT2D eigenvalue weighted by Gasteiger charge is -2.25. The molecule has 1 aromatic carbocycles. The van der Waals surface area contributed by atoms with Gasteiger partial charge in [0.1, 0.15) is 0 Å². The highest BCUT2D eigenvalue weighted by molar-refractivity contribution is 6.30. The van der Waals surface area contributed by atoms with E-state index in [9.17, 15) is 0 Å². The van der Waals surface area contributed by atoms with Crippen molar-refractivity contribution in [1.82, 2.24) is 5.32 Å². The summed E-state index contributed by atoms with van der Waals surface area (Å²) in [4.78, 5) is 0. The maximum atomic E-state index is 5.95. The SMILES string of the molecule is Cl.Nc1ccc(Cl)cc1[C@H]1CCCCN1. The number of hydrogen-bond acceptors (Lipinski definition) is 2. The Kier molecular flexibility index (Phi) is 4.71. The Bertz CT molecular complexity index is 322. The molecule has 1 heterocycles. The molecule has 1 saturated heterocycles. The van der Waals surface area contributed by atoms with E-state index in [1.807, 2.05) is 18.2 Å². The predicted octanol–water partition coefficient (Wildman–Crippen LogP) is 3.16. The molecule has 0 aliphatic carbocycles. The Hall–Kier alpha value is -0.440. The van der Waals surface area contributed by atoms with Crippen LogP contribution in [0.15, 0.2) is 18.2 Å². The molecule has 0 unspecified atom stereocenters. The first kappa shape index (κ1) is 12.6. The van der Waals surface area contributed by atoms with Crippen molar-refractivity contribution in [1.29, 1.82) is 0 Å². The van der Waals surface area contributed by atoms with E-state index >= 15 is 0 Å². The summed E-state index contributed by atoms with van der Waals surface area (Å²) in [7, 11) is 0. The molecule has 2 rings (SSSR count). The third kappa shape index (κ3) is 3.00. The molecule has 1 aromatic rings. The smallest absolute Gasteiger partial charge is 0.0410 e. The lowest BCUT2D eigenvalue weighted by Crippen LogP contribution is -2.27. The van der Waals surface area contributed by atoms with E-state index in [1.54, 1.807) is 0 Å². The standard InChI is InChI=1S/C11H15ClN2.ClH/c12-8-4-5-10(13)9(7-8)11-3-1-2-6-14-11;/h4-5,7,11,14H,1-3,6,13H2;1H/t11-;/m1./s1. The fourth-order valence-corrected chi connectivity index (χ4v) is 2.15. The molecule has 1 aliphatic heterocycles.